The number of pyridine rings is 1. The molecule has 1 N–H and O–H groups in total. The second-order valence-electron chi connectivity index (χ2n) is 12.0. The lowest BCUT2D eigenvalue weighted by atomic mass is 9.75. The molecule has 0 unspecified atom stereocenters. The highest BCUT2D eigenvalue weighted by atomic mass is 28.3. The molecule has 3 aromatic rings. The van der Waals surface area contributed by atoms with Crippen LogP contribution in [0.5, 0.6) is 0 Å². The average molecular weight is 541 g/mol. The van der Waals surface area contributed by atoms with E-state index in [0.717, 1.165) is 41.5 Å². The number of anilines is 1. The summed E-state index contributed by atoms with van der Waals surface area (Å²) in [4.78, 5) is 18.7. The molecule has 2 fully saturated rings. The van der Waals surface area contributed by atoms with E-state index in [4.69, 9.17) is 19.6 Å². The van der Waals surface area contributed by atoms with Gasteiger partial charge in [0.1, 0.15) is 18.8 Å². The van der Waals surface area contributed by atoms with Crippen molar-refractivity contribution in [2.75, 3.05) is 31.3 Å². The summed E-state index contributed by atoms with van der Waals surface area (Å²) in [5.41, 5.74) is 0.453. The van der Waals surface area contributed by atoms with Gasteiger partial charge in [-0.15, -0.1) is 0 Å². The molecule has 0 amide bonds. The van der Waals surface area contributed by atoms with E-state index >= 15 is 0 Å². The topological polar surface area (TPSA) is 108 Å². The first-order valence-corrected chi connectivity index (χ1v) is 17.4. The molecule has 3 aromatic heterocycles. The summed E-state index contributed by atoms with van der Waals surface area (Å²) in [6.07, 6.45) is 6.95. The van der Waals surface area contributed by atoms with Crippen LogP contribution in [0.3, 0.4) is 0 Å². The van der Waals surface area contributed by atoms with Crippen LogP contribution in [0.25, 0.3) is 16.9 Å². The lowest BCUT2D eigenvalue weighted by molar-refractivity contribution is -0.114. The number of carbonyl (C=O) groups is 1. The van der Waals surface area contributed by atoms with E-state index in [1.165, 1.54) is 0 Å². The normalized spacial score (nSPS) is 24.7. The van der Waals surface area contributed by atoms with Crippen molar-refractivity contribution in [2.24, 2.45) is 5.92 Å². The lowest BCUT2D eigenvalue weighted by Gasteiger charge is -2.37. The van der Waals surface area contributed by atoms with Crippen molar-refractivity contribution in [3.63, 3.8) is 0 Å². The summed E-state index contributed by atoms with van der Waals surface area (Å²) in [5, 5.41) is 21.9. The molecule has 0 spiro atoms. The number of nitrogens with zero attached hydrogens (tertiary/aromatic N) is 6. The van der Waals surface area contributed by atoms with Crippen LogP contribution in [0.4, 0.5) is 5.82 Å². The SMILES string of the molecule is C[C@@H]1COCCN1c1cc(C2(O)CCC(C=O)CC2)c2cnn(-c3ccnn3COCC[Si](C)(C)C)c2n1. The third-order valence-corrected chi connectivity index (χ3v) is 9.57. The van der Waals surface area contributed by atoms with Crippen molar-refractivity contribution in [3.05, 3.63) is 30.1 Å². The Hall–Kier alpha value is -2.60. The Bertz CT molecular complexity index is 1260. The summed E-state index contributed by atoms with van der Waals surface area (Å²) >= 11 is 0. The standard InChI is InChI=1S/C27H40N6O4Si/c1-20-18-36-12-11-31(20)24-15-23(27(35)8-5-21(17-34)6-9-27)22-16-29-33(26(22)30-24)25-7-10-28-32(25)19-37-13-14-38(2,3)4/h7,10,15-17,20-21,35H,5-6,8-9,11-14,18-19H2,1-4H3/t20-,21?,27?/m1/s1. The number of aliphatic hydroxyl groups is 1. The van der Waals surface area contributed by atoms with E-state index in [1.807, 2.05) is 12.1 Å². The minimum Gasteiger partial charge on any atom is -0.385 e. The van der Waals surface area contributed by atoms with Crippen LogP contribution >= 0.6 is 0 Å². The van der Waals surface area contributed by atoms with Gasteiger partial charge in [-0.2, -0.15) is 14.9 Å². The van der Waals surface area contributed by atoms with Crippen LogP contribution in [0, 0.1) is 5.92 Å². The van der Waals surface area contributed by atoms with Gasteiger partial charge in [-0.05, 0) is 50.3 Å². The maximum atomic E-state index is 11.9. The van der Waals surface area contributed by atoms with Gasteiger partial charge in [0.25, 0.3) is 0 Å². The minimum atomic E-state index is -1.19. The van der Waals surface area contributed by atoms with Gasteiger partial charge in [0.2, 0.25) is 0 Å². The Kier molecular flexibility index (Phi) is 7.72. The largest absolute Gasteiger partial charge is 0.385 e. The van der Waals surface area contributed by atoms with Crippen LogP contribution in [-0.2, 0) is 26.6 Å². The van der Waals surface area contributed by atoms with Gasteiger partial charge in [0.15, 0.2) is 11.5 Å². The molecule has 2 aliphatic rings. The van der Waals surface area contributed by atoms with Gasteiger partial charge in [-0.1, -0.05) is 19.6 Å². The first-order chi connectivity index (χ1) is 18.2. The molecule has 206 valence electrons. The second-order valence-corrected chi connectivity index (χ2v) is 17.6. The van der Waals surface area contributed by atoms with Crippen molar-refractivity contribution in [3.8, 4) is 5.82 Å². The number of hydrogen-bond acceptors (Lipinski definition) is 8. The van der Waals surface area contributed by atoms with E-state index in [-0.39, 0.29) is 12.0 Å². The molecular formula is C27H40N6O4Si. The molecule has 1 saturated heterocycles. The van der Waals surface area contributed by atoms with Gasteiger partial charge >= 0.3 is 0 Å². The molecule has 1 saturated carbocycles. The lowest BCUT2D eigenvalue weighted by Crippen LogP contribution is -2.44. The minimum absolute atomic E-state index is 0.00404. The predicted molar refractivity (Wildman–Crippen MR) is 148 cm³/mol. The third-order valence-electron chi connectivity index (χ3n) is 7.86. The van der Waals surface area contributed by atoms with Crippen LogP contribution in [0.1, 0.15) is 38.2 Å². The van der Waals surface area contributed by atoms with Crippen LogP contribution < -0.4 is 4.90 Å². The smallest absolute Gasteiger partial charge is 0.167 e. The number of aldehydes is 1. The number of morpholine rings is 1. The van der Waals surface area contributed by atoms with Crippen molar-refractivity contribution in [1.82, 2.24) is 24.5 Å². The quantitative estimate of drug-likeness (QED) is 0.249. The van der Waals surface area contributed by atoms with Crippen molar-refractivity contribution in [2.45, 2.75) is 76.7 Å². The Morgan fingerprint density at radius 1 is 1.26 bits per heavy atom. The molecule has 5 rings (SSSR count). The van der Waals surface area contributed by atoms with Crippen molar-refractivity contribution < 1.29 is 19.4 Å². The summed E-state index contributed by atoms with van der Waals surface area (Å²) in [6, 6.07) is 5.17. The molecule has 38 heavy (non-hydrogen) atoms. The van der Waals surface area contributed by atoms with Gasteiger partial charge in [0.05, 0.1) is 37.3 Å². The Morgan fingerprint density at radius 2 is 2.05 bits per heavy atom. The molecule has 1 atom stereocenters. The molecule has 1 aliphatic carbocycles. The number of fused-ring (bicyclic) bond motifs is 1. The molecule has 0 radical (unpaired) electrons. The summed E-state index contributed by atoms with van der Waals surface area (Å²) in [6.45, 7) is 12.1. The maximum absolute atomic E-state index is 11.9. The monoisotopic (exact) mass is 540 g/mol. The van der Waals surface area contributed by atoms with Crippen molar-refractivity contribution in [1.29, 1.82) is 0 Å². The zero-order valence-electron chi connectivity index (χ0n) is 23.0. The van der Waals surface area contributed by atoms with Gasteiger partial charge in [-0.25, -0.2) is 9.67 Å². The molecule has 0 aromatic carbocycles. The van der Waals surface area contributed by atoms with E-state index in [1.54, 1.807) is 21.8 Å². The van der Waals surface area contributed by atoms with Crippen LogP contribution in [0.15, 0.2) is 24.5 Å². The molecular weight excluding hydrogens is 500 g/mol. The molecule has 4 heterocycles. The maximum Gasteiger partial charge on any atom is 0.167 e. The first kappa shape index (κ1) is 27.0. The van der Waals surface area contributed by atoms with Gasteiger partial charge < -0.3 is 24.3 Å². The van der Waals surface area contributed by atoms with Crippen LogP contribution in [-0.4, -0.2) is 76.4 Å². The second kappa shape index (κ2) is 10.9. The Morgan fingerprint density at radius 3 is 2.76 bits per heavy atom. The fraction of sp³-hybridized carbons (Fsp3) is 0.630. The fourth-order valence-electron chi connectivity index (χ4n) is 5.41. The summed E-state index contributed by atoms with van der Waals surface area (Å²) in [5.74, 6) is 1.56. The average Bonchev–Trinajstić information content (AvgIpc) is 3.53. The highest BCUT2D eigenvalue weighted by molar-refractivity contribution is 6.76. The highest BCUT2D eigenvalue weighted by Gasteiger charge is 2.38. The van der Waals surface area contributed by atoms with E-state index in [0.29, 0.717) is 57.9 Å². The zero-order valence-corrected chi connectivity index (χ0v) is 24.0. The number of carbonyl (C=O) groups excluding carboxylic acids is 1. The first-order valence-electron chi connectivity index (χ1n) is 13.7. The zero-order chi connectivity index (χ0) is 26.9. The van der Waals surface area contributed by atoms with Gasteiger partial charge in [-0.3, -0.25) is 0 Å². The predicted octanol–water partition coefficient (Wildman–Crippen LogP) is 3.73. The molecule has 11 heteroatoms. The van der Waals surface area contributed by atoms with E-state index in [9.17, 15) is 9.90 Å². The molecule has 10 nitrogen and oxygen atoms in total. The number of rotatable bonds is 9. The van der Waals surface area contributed by atoms with E-state index in [2.05, 4.69) is 36.6 Å². The van der Waals surface area contributed by atoms with Crippen molar-refractivity contribution >= 4 is 31.2 Å². The summed E-state index contributed by atoms with van der Waals surface area (Å²) in [7, 11) is -1.19. The number of ether oxygens (including phenoxy) is 2. The Balaban J connectivity index is 1.53. The van der Waals surface area contributed by atoms with E-state index < -0.39 is 13.7 Å². The highest BCUT2D eigenvalue weighted by Crippen LogP contribution is 2.43. The molecule has 1 aliphatic heterocycles. The number of hydrogen-bond donors (Lipinski definition) is 1. The number of aromatic nitrogens is 5. The Labute approximate surface area is 224 Å². The third kappa shape index (κ3) is 5.56. The van der Waals surface area contributed by atoms with Gasteiger partial charge in [0, 0.05) is 38.6 Å². The van der Waals surface area contributed by atoms with Crippen LogP contribution in [0.2, 0.25) is 25.7 Å². The summed E-state index contributed by atoms with van der Waals surface area (Å²) < 4.78 is 15.2. The molecule has 0 bridgehead atoms. The fourth-order valence-corrected chi connectivity index (χ4v) is 6.17.